The van der Waals surface area contributed by atoms with E-state index in [1.807, 2.05) is 0 Å². The van der Waals surface area contributed by atoms with Gasteiger partial charge in [0.2, 0.25) is 0 Å². The van der Waals surface area contributed by atoms with E-state index in [0.29, 0.717) is 0 Å². The molecule has 0 bridgehead atoms. The van der Waals surface area contributed by atoms with Crippen LogP contribution in [0, 0.1) is 0 Å². The Morgan fingerprint density at radius 1 is 0.765 bits per heavy atom. The Labute approximate surface area is 103 Å². The Balaban J connectivity index is 1.78. The van der Waals surface area contributed by atoms with Crippen molar-refractivity contribution in [1.82, 2.24) is 0 Å². The first-order valence-electron chi connectivity index (χ1n) is 6.82. The molecule has 0 unspecified atom stereocenters. The van der Waals surface area contributed by atoms with Gasteiger partial charge >= 0.3 is 7.91 Å². The molecule has 0 radical (unpaired) electrons. The molecule has 0 amide bonds. The minimum atomic E-state index is -4.33. The van der Waals surface area contributed by atoms with Crippen LogP contribution in [0.3, 0.4) is 0 Å². The predicted octanol–water partition coefficient (Wildman–Crippen LogP) is 4.76. The molecule has 0 aromatic heterocycles. The fourth-order valence-electron chi connectivity index (χ4n) is 2.72. The summed E-state index contributed by atoms with van der Waals surface area (Å²) >= 11 is 0. The lowest BCUT2D eigenvalue weighted by Gasteiger charge is -2.26. The Morgan fingerprint density at radius 3 is 1.47 bits per heavy atom. The highest BCUT2D eigenvalue weighted by Gasteiger charge is 2.33. The van der Waals surface area contributed by atoms with Crippen molar-refractivity contribution in [2.75, 3.05) is 0 Å². The van der Waals surface area contributed by atoms with Crippen molar-refractivity contribution >= 4 is 7.91 Å². The molecule has 2 aliphatic rings. The Morgan fingerprint density at radius 2 is 1.12 bits per heavy atom. The lowest BCUT2D eigenvalue weighted by Crippen LogP contribution is -2.19. The maximum atomic E-state index is 13.8. The molecular weight excluding hydrogens is 242 g/mol. The lowest BCUT2D eigenvalue weighted by atomic mass is 9.98. The van der Waals surface area contributed by atoms with Crippen LogP contribution in [0.4, 0.5) is 4.20 Å². The minimum absolute atomic E-state index is 0.205. The van der Waals surface area contributed by atoms with Gasteiger partial charge in [-0.1, -0.05) is 38.5 Å². The Kier molecular flexibility index (Phi) is 5.01. The van der Waals surface area contributed by atoms with Gasteiger partial charge in [0, 0.05) is 0 Å². The van der Waals surface area contributed by atoms with Crippen LogP contribution >= 0.6 is 7.91 Å². The highest BCUT2D eigenvalue weighted by molar-refractivity contribution is 7.48. The van der Waals surface area contributed by atoms with Gasteiger partial charge in [-0.3, -0.25) is 9.05 Å². The van der Waals surface area contributed by atoms with Crippen molar-refractivity contribution in [3.8, 4) is 0 Å². The largest absolute Gasteiger partial charge is 0.513 e. The first-order valence-corrected chi connectivity index (χ1v) is 8.25. The topological polar surface area (TPSA) is 35.5 Å². The zero-order valence-corrected chi connectivity index (χ0v) is 11.2. The average molecular weight is 264 g/mol. The summed E-state index contributed by atoms with van der Waals surface area (Å²) in [5.41, 5.74) is 0. The molecule has 3 nitrogen and oxygen atoms in total. The molecule has 0 aromatic carbocycles. The zero-order chi connectivity index (χ0) is 12.1. The van der Waals surface area contributed by atoms with Crippen LogP contribution < -0.4 is 0 Å². The van der Waals surface area contributed by atoms with Gasteiger partial charge in [0.25, 0.3) is 0 Å². The van der Waals surface area contributed by atoms with E-state index in [1.165, 1.54) is 12.8 Å². The van der Waals surface area contributed by atoms with Crippen molar-refractivity contribution in [1.29, 1.82) is 0 Å². The summed E-state index contributed by atoms with van der Waals surface area (Å²) in [6.07, 6.45) is 9.30. The molecule has 5 heteroatoms. The van der Waals surface area contributed by atoms with Crippen molar-refractivity contribution in [3.05, 3.63) is 0 Å². The van der Waals surface area contributed by atoms with Crippen molar-refractivity contribution < 1.29 is 17.8 Å². The second-order valence-corrected chi connectivity index (χ2v) is 6.44. The normalized spacial score (nSPS) is 25.0. The van der Waals surface area contributed by atoms with Crippen LogP contribution in [0.5, 0.6) is 0 Å². The van der Waals surface area contributed by atoms with E-state index in [-0.39, 0.29) is 12.2 Å². The molecule has 17 heavy (non-hydrogen) atoms. The first-order chi connectivity index (χ1) is 8.16. The molecule has 0 atom stereocenters. The summed E-state index contributed by atoms with van der Waals surface area (Å²) in [5, 5.41) is 0. The standard InChI is InChI=1S/C12H22FO3P/c13-17(14,15-11-7-3-1-4-8-11)16-12-9-5-2-6-10-12/h11-12H,1-10H2. The third-order valence-electron chi connectivity index (χ3n) is 3.65. The molecule has 0 spiro atoms. The number of hydrogen-bond acceptors (Lipinski definition) is 3. The monoisotopic (exact) mass is 264 g/mol. The van der Waals surface area contributed by atoms with Gasteiger partial charge in [0.1, 0.15) is 0 Å². The molecule has 0 saturated heterocycles. The highest BCUT2D eigenvalue weighted by Crippen LogP contribution is 2.54. The van der Waals surface area contributed by atoms with Gasteiger partial charge in [-0.25, -0.2) is 4.57 Å². The smallest absolute Gasteiger partial charge is 0.280 e. The lowest BCUT2D eigenvalue weighted by molar-refractivity contribution is 0.0614. The number of hydrogen-bond donors (Lipinski definition) is 0. The maximum absolute atomic E-state index is 13.8. The quantitative estimate of drug-likeness (QED) is 0.686. The van der Waals surface area contributed by atoms with Crippen LogP contribution in [0.15, 0.2) is 0 Å². The Bertz CT molecular complexity index is 249. The molecule has 0 heterocycles. The molecule has 2 saturated carbocycles. The van der Waals surface area contributed by atoms with Crippen molar-refractivity contribution in [2.24, 2.45) is 0 Å². The van der Waals surface area contributed by atoms with Crippen LogP contribution in [-0.2, 0) is 13.6 Å². The molecule has 100 valence electrons. The Hall–Kier alpha value is 0.0800. The minimum Gasteiger partial charge on any atom is -0.280 e. The van der Waals surface area contributed by atoms with Crippen LogP contribution in [0.2, 0.25) is 0 Å². The number of rotatable bonds is 4. The summed E-state index contributed by atoms with van der Waals surface area (Å²) in [5.74, 6) is 0. The SMILES string of the molecule is O=P(F)(OC1CCCCC1)OC1CCCCC1. The zero-order valence-electron chi connectivity index (χ0n) is 10.3. The van der Waals surface area contributed by atoms with Crippen molar-refractivity contribution in [3.63, 3.8) is 0 Å². The predicted molar refractivity (Wildman–Crippen MR) is 64.6 cm³/mol. The summed E-state index contributed by atoms with van der Waals surface area (Å²) in [6, 6.07) is 0. The third kappa shape index (κ3) is 4.69. The van der Waals surface area contributed by atoms with Crippen LogP contribution in [0.25, 0.3) is 0 Å². The average Bonchev–Trinajstić information content (AvgIpc) is 2.30. The van der Waals surface area contributed by atoms with Crippen LogP contribution in [0.1, 0.15) is 64.2 Å². The fraction of sp³-hybridized carbons (Fsp3) is 1.00. The van der Waals surface area contributed by atoms with E-state index < -0.39 is 7.91 Å². The summed E-state index contributed by atoms with van der Waals surface area (Å²) < 4.78 is 35.5. The van der Waals surface area contributed by atoms with Gasteiger partial charge in [-0.15, -0.1) is 4.20 Å². The molecule has 0 aromatic rings. The molecule has 0 N–H and O–H groups in total. The summed E-state index contributed by atoms with van der Waals surface area (Å²) in [6.45, 7) is 0. The van der Waals surface area contributed by atoms with E-state index >= 15 is 0 Å². The van der Waals surface area contributed by atoms with E-state index in [2.05, 4.69) is 0 Å². The molecule has 2 fully saturated rings. The molecule has 0 aliphatic heterocycles. The molecular formula is C12H22FO3P. The van der Waals surface area contributed by atoms with Gasteiger partial charge in [0.05, 0.1) is 12.2 Å². The van der Waals surface area contributed by atoms with Crippen LogP contribution in [-0.4, -0.2) is 12.2 Å². The van der Waals surface area contributed by atoms with Gasteiger partial charge < -0.3 is 0 Å². The maximum Gasteiger partial charge on any atom is 0.513 e. The fourth-order valence-corrected chi connectivity index (χ4v) is 3.91. The summed E-state index contributed by atoms with van der Waals surface area (Å²) in [7, 11) is -4.33. The molecule has 2 aliphatic carbocycles. The van der Waals surface area contributed by atoms with Crippen molar-refractivity contribution in [2.45, 2.75) is 76.4 Å². The molecule has 2 rings (SSSR count). The second kappa shape index (κ2) is 6.31. The highest BCUT2D eigenvalue weighted by atomic mass is 31.2. The van der Waals surface area contributed by atoms with Gasteiger partial charge in [-0.2, -0.15) is 0 Å². The van der Waals surface area contributed by atoms with Gasteiger partial charge in [0.15, 0.2) is 0 Å². The van der Waals surface area contributed by atoms with E-state index in [9.17, 15) is 8.76 Å². The summed E-state index contributed by atoms with van der Waals surface area (Å²) in [4.78, 5) is 0. The third-order valence-corrected chi connectivity index (χ3v) is 4.75. The van der Waals surface area contributed by atoms with E-state index in [4.69, 9.17) is 9.05 Å². The van der Waals surface area contributed by atoms with E-state index in [0.717, 1.165) is 51.4 Å². The second-order valence-electron chi connectivity index (χ2n) is 5.16. The van der Waals surface area contributed by atoms with E-state index in [1.54, 1.807) is 0 Å². The first kappa shape index (κ1) is 13.5. The number of halogens is 1. The van der Waals surface area contributed by atoms with Gasteiger partial charge in [-0.05, 0) is 25.7 Å².